The zero-order valence-corrected chi connectivity index (χ0v) is 14.4. The van der Waals surface area contributed by atoms with E-state index in [9.17, 15) is 9.50 Å². The number of phenolic OH excluding ortho intramolecular Hbond substituents is 1. The van der Waals surface area contributed by atoms with E-state index in [4.69, 9.17) is 0 Å². The molecule has 3 nitrogen and oxygen atoms in total. The van der Waals surface area contributed by atoms with E-state index in [1.165, 1.54) is 6.07 Å². The Labute approximate surface area is 138 Å². The van der Waals surface area contributed by atoms with Crippen molar-refractivity contribution in [1.82, 2.24) is 10.2 Å². The second kappa shape index (κ2) is 8.18. The van der Waals surface area contributed by atoms with Gasteiger partial charge in [0.25, 0.3) is 0 Å². The first kappa shape index (κ1) is 20.5. The Morgan fingerprint density at radius 1 is 1.19 bits per heavy atom. The molecule has 1 saturated heterocycles. The van der Waals surface area contributed by atoms with Crippen LogP contribution in [0.1, 0.15) is 32.4 Å². The average Bonchev–Trinajstić information content (AvgIpc) is 2.32. The Bertz CT molecular complexity index is 446. The van der Waals surface area contributed by atoms with Gasteiger partial charge >= 0.3 is 0 Å². The lowest BCUT2D eigenvalue weighted by Gasteiger charge is -2.42. The van der Waals surface area contributed by atoms with Gasteiger partial charge in [0.15, 0.2) is 0 Å². The molecule has 1 atom stereocenters. The van der Waals surface area contributed by atoms with Crippen molar-refractivity contribution in [1.29, 1.82) is 0 Å². The molecule has 122 valence electrons. The normalized spacial score (nSPS) is 17.5. The highest BCUT2D eigenvalue weighted by Crippen LogP contribution is 2.39. The van der Waals surface area contributed by atoms with Gasteiger partial charge in [-0.15, -0.1) is 24.8 Å². The van der Waals surface area contributed by atoms with Crippen LogP contribution in [0.4, 0.5) is 4.39 Å². The van der Waals surface area contributed by atoms with Crippen molar-refractivity contribution in [2.75, 3.05) is 26.2 Å². The highest BCUT2D eigenvalue weighted by molar-refractivity contribution is 5.85. The minimum atomic E-state index is -0.321. The fraction of sp³-hybridized carbons (Fsp3) is 0.600. The highest BCUT2D eigenvalue weighted by atomic mass is 35.5. The molecule has 2 N–H and O–H groups in total. The summed E-state index contributed by atoms with van der Waals surface area (Å²) >= 11 is 0. The van der Waals surface area contributed by atoms with Gasteiger partial charge in [0.2, 0.25) is 0 Å². The van der Waals surface area contributed by atoms with E-state index >= 15 is 0 Å². The molecule has 21 heavy (non-hydrogen) atoms. The van der Waals surface area contributed by atoms with Crippen LogP contribution in [0.15, 0.2) is 18.2 Å². The Morgan fingerprint density at radius 2 is 1.76 bits per heavy atom. The van der Waals surface area contributed by atoms with Crippen LogP contribution in [-0.2, 0) is 0 Å². The van der Waals surface area contributed by atoms with E-state index in [1.807, 2.05) is 0 Å². The molecule has 1 aliphatic heterocycles. The fourth-order valence-corrected chi connectivity index (χ4v) is 2.89. The molecule has 1 aromatic carbocycles. The van der Waals surface area contributed by atoms with E-state index in [1.54, 1.807) is 12.1 Å². The van der Waals surface area contributed by atoms with Crippen molar-refractivity contribution in [3.63, 3.8) is 0 Å². The standard InChI is InChI=1S/C15H23FN2O.2ClH/c1-15(2,3)14(18-8-6-17-7-9-18)12-5-4-11(19)10-13(12)16;;/h4-5,10,14,17,19H,6-9H2,1-3H3;2*1H/t14-;;/m1../s1. The van der Waals surface area contributed by atoms with E-state index in [0.29, 0.717) is 5.56 Å². The topological polar surface area (TPSA) is 35.5 Å². The summed E-state index contributed by atoms with van der Waals surface area (Å²) in [5, 5.41) is 12.7. The van der Waals surface area contributed by atoms with Crippen LogP contribution in [0.5, 0.6) is 5.75 Å². The first-order chi connectivity index (χ1) is 8.89. The Kier molecular flexibility index (Phi) is 7.97. The molecule has 0 unspecified atom stereocenters. The van der Waals surface area contributed by atoms with Crippen LogP contribution < -0.4 is 5.32 Å². The molecule has 1 aliphatic rings. The third-order valence-electron chi connectivity index (χ3n) is 3.62. The first-order valence-corrected chi connectivity index (χ1v) is 6.83. The Morgan fingerprint density at radius 3 is 2.24 bits per heavy atom. The summed E-state index contributed by atoms with van der Waals surface area (Å²) in [5.74, 6) is -0.340. The van der Waals surface area contributed by atoms with Gasteiger partial charge in [-0.05, 0) is 11.5 Å². The molecule has 0 amide bonds. The van der Waals surface area contributed by atoms with Crippen LogP contribution >= 0.6 is 24.8 Å². The lowest BCUT2D eigenvalue weighted by molar-refractivity contribution is 0.0834. The molecular formula is C15H25Cl2FN2O. The van der Waals surface area contributed by atoms with Crippen LogP contribution in [0.2, 0.25) is 0 Å². The minimum absolute atomic E-state index is 0. The van der Waals surface area contributed by atoms with Gasteiger partial charge in [-0.2, -0.15) is 0 Å². The van der Waals surface area contributed by atoms with E-state index in [2.05, 4.69) is 31.0 Å². The molecule has 2 rings (SSSR count). The maximum Gasteiger partial charge on any atom is 0.131 e. The van der Waals surface area contributed by atoms with Crippen molar-refractivity contribution >= 4 is 24.8 Å². The SMILES string of the molecule is CC(C)(C)[C@@H](c1ccc(O)cc1F)N1CCNCC1.Cl.Cl. The molecule has 1 aromatic rings. The Hall–Kier alpha value is -0.550. The molecule has 0 radical (unpaired) electrons. The predicted octanol–water partition coefficient (Wildman–Crippen LogP) is 3.37. The molecule has 0 saturated carbocycles. The number of piperazine rings is 1. The number of benzene rings is 1. The number of nitrogens with one attached hydrogen (secondary N) is 1. The van der Waals surface area contributed by atoms with Gasteiger partial charge in [-0.25, -0.2) is 4.39 Å². The molecule has 0 aliphatic carbocycles. The zero-order valence-electron chi connectivity index (χ0n) is 12.7. The second-order valence-corrected chi connectivity index (χ2v) is 6.26. The summed E-state index contributed by atoms with van der Waals surface area (Å²) in [6.45, 7) is 10.1. The van der Waals surface area contributed by atoms with E-state index < -0.39 is 0 Å². The first-order valence-electron chi connectivity index (χ1n) is 6.83. The fourth-order valence-electron chi connectivity index (χ4n) is 2.89. The van der Waals surface area contributed by atoms with Crippen LogP contribution in [0.3, 0.4) is 0 Å². The number of aromatic hydroxyl groups is 1. The third-order valence-corrected chi connectivity index (χ3v) is 3.62. The third kappa shape index (κ3) is 4.99. The molecule has 1 heterocycles. The number of phenols is 1. The number of rotatable bonds is 2. The van der Waals surface area contributed by atoms with E-state index in [0.717, 1.165) is 26.2 Å². The average molecular weight is 339 g/mol. The van der Waals surface area contributed by atoms with Crippen LogP contribution in [0.25, 0.3) is 0 Å². The van der Waals surface area contributed by atoms with Crippen molar-refractivity contribution in [3.8, 4) is 5.75 Å². The smallest absolute Gasteiger partial charge is 0.131 e. The largest absolute Gasteiger partial charge is 0.508 e. The second-order valence-electron chi connectivity index (χ2n) is 6.26. The van der Waals surface area contributed by atoms with Gasteiger partial charge in [-0.3, -0.25) is 4.90 Å². The summed E-state index contributed by atoms with van der Waals surface area (Å²) in [5.41, 5.74) is 0.613. The lowest BCUT2D eigenvalue weighted by Crippen LogP contribution is -2.48. The van der Waals surface area contributed by atoms with Gasteiger partial charge < -0.3 is 10.4 Å². The van der Waals surface area contributed by atoms with Gasteiger partial charge in [0.1, 0.15) is 11.6 Å². The molecule has 0 aromatic heterocycles. The van der Waals surface area contributed by atoms with Crippen LogP contribution in [0, 0.1) is 11.2 Å². The van der Waals surface area contributed by atoms with Crippen molar-refractivity contribution in [3.05, 3.63) is 29.6 Å². The van der Waals surface area contributed by atoms with E-state index in [-0.39, 0.29) is 47.8 Å². The van der Waals surface area contributed by atoms with Gasteiger partial charge in [0.05, 0.1) is 0 Å². The maximum absolute atomic E-state index is 14.2. The molecule has 6 heteroatoms. The van der Waals surface area contributed by atoms with Crippen molar-refractivity contribution < 1.29 is 9.50 Å². The number of nitrogens with zero attached hydrogens (tertiary/aromatic N) is 1. The molecule has 1 fully saturated rings. The molecule has 0 bridgehead atoms. The summed E-state index contributed by atoms with van der Waals surface area (Å²) in [6, 6.07) is 4.51. The zero-order chi connectivity index (χ0) is 14.0. The van der Waals surface area contributed by atoms with Crippen molar-refractivity contribution in [2.45, 2.75) is 26.8 Å². The lowest BCUT2D eigenvalue weighted by atomic mass is 9.80. The van der Waals surface area contributed by atoms with Gasteiger partial charge in [0, 0.05) is 43.9 Å². The maximum atomic E-state index is 14.2. The van der Waals surface area contributed by atoms with Gasteiger partial charge in [-0.1, -0.05) is 26.8 Å². The number of halogens is 3. The number of hydrogen-bond acceptors (Lipinski definition) is 3. The summed E-state index contributed by atoms with van der Waals surface area (Å²) in [4.78, 5) is 2.33. The van der Waals surface area contributed by atoms with Crippen LogP contribution in [-0.4, -0.2) is 36.2 Å². The monoisotopic (exact) mass is 338 g/mol. The number of hydrogen-bond donors (Lipinski definition) is 2. The quantitative estimate of drug-likeness (QED) is 0.867. The molecule has 0 spiro atoms. The highest BCUT2D eigenvalue weighted by Gasteiger charge is 2.34. The summed E-state index contributed by atoms with van der Waals surface area (Å²) < 4.78 is 14.2. The minimum Gasteiger partial charge on any atom is -0.508 e. The van der Waals surface area contributed by atoms with Crippen molar-refractivity contribution in [2.24, 2.45) is 5.41 Å². The predicted molar refractivity (Wildman–Crippen MR) is 89.2 cm³/mol. The molecular weight excluding hydrogens is 314 g/mol. The summed E-state index contributed by atoms with van der Waals surface area (Å²) in [6.07, 6.45) is 0. The summed E-state index contributed by atoms with van der Waals surface area (Å²) in [7, 11) is 0. The Balaban J connectivity index is 0.00000200.